The Balaban J connectivity index is 1.68. The molecule has 186 valence electrons. The maximum Gasteiger partial charge on any atom is 0.283 e. The number of hydrogen-bond donors (Lipinski definition) is 1. The number of rotatable bonds is 6. The number of nitrogens with zero attached hydrogens (tertiary/aromatic N) is 5. The number of nitrogens with one attached hydrogen (secondary N) is 1. The summed E-state index contributed by atoms with van der Waals surface area (Å²) < 4.78 is 43.8. The van der Waals surface area contributed by atoms with Crippen molar-refractivity contribution in [2.45, 2.75) is 30.7 Å². The number of hydrogen-bond acceptors (Lipinski definition) is 7. The van der Waals surface area contributed by atoms with E-state index in [1.165, 1.54) is 44.4 Å². The van der Waals surface area contributed by atoms with Gasteiger partial charge in [0, 0.05) is 33.4 Å². The van der Waals surface area contributed by atoms with E-state index in [-0.39, 0.29) is 17.8 Å². The lowest BCUT2D eigenvalue weighted by Crippen LogP contribution is -2.32. The number of fused-ring (bicyclic) bond motifs is 1. The molecule has 10 nitrogen and oxygen atoms in total. The number of carbonyl (C=O) groups is 2. The summed E-state index contributed by atoms with van der Waals surface area (Å²) >= 11 is 0. The average molecular weight is 511 g/mol. The zero-order chi connectivity index (χ0) is 26.2. The highest BCUT2D eigenvalue weighted by Gasteiger charge is 2.28. The van der Waals surface area contributed by atoms with E-state index in [0.717, 1.165) is 10.7 Å². The number of aromatic nitrogens is 3. The molecule has 0 saturated carbocycles. The monoisotopic (exact) mass is 510 g/mol. The van der Waals surface area contributed by atoms with Gasteiger partial charge in [-0.05, 0) is 65.3 Å². The lowest BCUT2D eigenvalue weighted by atomic mass is 9.90. The molecule has 36 heavy (non-hydrogen) atoms. The molecule has 3 aromatic rings. The summed E-state index contributed by atoms with van der Waals surface area (Å²) in [6.07, 6.45) is 2.85. The van der Waals surface area contributed by atoms with Crippen molar-refractivity contribution in [2.24, 2.45) is 7.05 Å². The van der Waals surface area contributed by atoms with Gasteiger partial charge in [-0.25, -0.2) is 14.1 Å². The molecule has 2 heterocycles. The Bertz CT molecular complexity index is 1540. The normalized spacial score (nSPS) is 12.6. The number of aryl methyl sites for hydroxylation is 1. The molecule has 1 aliphatic carbocycles. The molecule has 0 atom stereocenters. The maximum absolute atomic E-state index is 14.9. The Morgan fingerprint density at radius 1 is 1.22 bits per heavy atom. The van der Waals surface area contributed by atoms with Gasteiger partial charge in [0.2, 0.25) is 5.91 Å². The fourth-order valence-electron chi connectivity index (χ4n) is 4.32. The molecule has 1 aromatic carbocycles. The highest BCUT2D eigenvalue weighted by molar-refractivity contribution is 7.90. The van der Waals surface area contributed by atoms with Crippen molar-refractivity contribution >= 4 is 21.8 Å². The predicted molar refractivity (Wildman–Crippen MR) is 127 cm³/mol. The lowest BCUT2D eigenvalue weighted by Gasteiger charge is -2.16. The first-order valence-corrected chi connectivity index (χ1v) is 12.5. The minimum Gasteiger partial charge on any atom is -0.343 e. The van der Waals surface area contributed by atoms with E-state index in [0.29, 0.717) is 47.1 Å². The largest absolute Gasteiger partial charge is 0.343 e. The molecule has 0 fully saturated rings. The third-order valence-corrected chi connectivity index (χ3v) is 7.24. The Labute approximate surface area is 207 Å². The molecule has 0 bridgehead atoms. The van der Waals surface area contributed by atoms with E-state index < -0.39 is 32.7 Å². The summed E-state index contributed by atoms with van der Waals surface area (Å²) in [4.78, 5) is 30.4. The van der Waals surface area contributed by atoms with Crippen LogP contribution in [0.4, 0.5) is 4.39 Å². The number of nitriles is 1. The van der Waals surface area contributed by atoms with Gasteiger partial charge in [0.25, 0.3) is 15.9 Å². The third kappa shape index (κ3) is 4.70. The first-order chi connectivity index (χ1) is 17.0. The predicted octanol–water partition coefficient (Wildman–Crippen LogP) is 1.73. The van der Waals surface area contributed by atoms with Crippen LogP contribution in [0.5, 0.6) is 0 Å². The molecule has 0 aliphatic heterocycles. The highest BCUT2D eigenvalue weighted by atomic mass is 32.2. The minimum atomic E-state index is -4.38. The van der Waals surface area contributed by atoms with Crippen molar-refractivity contribution in [1.82, 2.24) is 24.4 Å². The number of amides is 2. The van der Waals surface area contributed by atoms with Crippen molar-refractivity contribution in [3.63, 3.8) is 0 Å². The van der Waals surface area contributed by atoms with Crippen LogP contribution < -0.4 is 4.72 Å². The van der Waals surface area contributed by atoms with Crippen LogP contribution in [0.3, 0.4) is 0 Å². The van der Waals surface area contributed by atoms with Gasteiger partial charge >= 0.3 is 0 Å². The number of sulfonamides is 1. The number of pyridine rings is 1. The molecule has 2 amide bonds. The molecular formula is C24H23FN6O4S. The van der Waals surface area contributed by atoms with E-state index in [4.69, 9.17) is 0 Å². The van der Waals surface area contributed by atoms with Gasteiger partial charge in [-0.3, -0.25) is 14.3 Å². The lowest BCUT2D eigenvalue weighted by molar-refractivity contribution is -0.118. The minimum absolute atomic E-state index is 0.0393. The van der Waals surface area contributed by atoms with Gasteiger partial charge in [-0.15, -0.1) is 0 Å². The molecule has 0 unspecified atom stereocenters. The second-order valence-corrected chi connectivity index (χ2v) is 10.3. The van der Waals surface area contributed by atoms with E-state index >= 15 is 0 Å². The molecule has 1 aliphatic rings. The van der Waals surface area contributed by atoms with Crippen LogP contribution in [0.2, 0.25) is 0 Å². The topological polar surface area (TPSA) is 138 Å². The zero-order valence-corrected chi connectivity index (χ0v) is 20.7. The van der Waals surface area contributed by atoms with Crippen molar-refractivity contribution < 1.29 is 22.4 Å². The van der Waals surface area contributed by atoms with Crippen molar-refractivity contribution in [2.75, 3.05) is 14.1 Å². The van der Waals surface area contributed by atoms with Crippen molar-refractivity contribution in [1.29, 1.82) is 5.26 Å². The Hall–Kier alpha value is -4.11. The second kappa shape index (κ2) is 9.50. The summed E-state index contributed by atoms with van der Waals surface area (Å²) in [6, 6.07) is 7.44. The van der Waals surface area contributed by atoms with Gasteiger partial charge in [0.15, 0.2) is 5.03 Å². The molecular weight excluding hydrogens is 487 g/mol. The summed E-state index contributed by atoms with van der Waals surface area (Å²) in [6.45, 7) is 0. The average Bonchev–Trinajstić information content (AvgIpc) is 3.48. The van der Waals surface area contributed by atoms with Gasteiger partial charge in [0.1, 0.15) is 23.3 Å². The Morgan fingerprint density at radius 2 is 1.94 bits per heavy atom. The molecule has 0 spiro atoms. The van der Waals surface area contributed by atoms with Crippen molar-refractivity contribution in [3.8, 4) is 17.2 Å². The molecule has 1 N–H and O–H groups in total. The van der Waals surface area contributed by atoms with Crippen LogP contribution in [0, 0.1) is 17.1 Å². The van der Waals surface area contributed by atoms with E-state index in [2.05, 4.69) is 10.1 Å². The summed E-state index contributed by atoms with van der Waals surface area (Å²) in [5.74, 6) is -1.69. The van der Waals surface area contributed by atoms with E-state index in [9.17, 15) is 27.7 Å². The highest BCUT2D eigenvalue weighted by Crippen LogP contribution is 2.36. The number of carbonyl (C=O) groups excluding carboxylic acids is 2. The summed E-state index contributed by atoms with van der Waals surface area (Å²) in [7, 11) is 0.0867. The van der Waals surface area contributed by atoms with Crippen LogP contribution in [-0.4, -0.2) is 54.0 Å². The van der Waals surface area contributed by atoms with Gasteiger partial charge in [0.05, 0.1) is 6.42 Å². The first kappa shape index (κ1) is 25.0. The molecule has 0 radical (unpaired) electrons. The van der Waals surface area contributed by atoms with Gasteiger partial charge in [-0.1, -0.05) is 0 Å². The Morgan fingerprint density at radius 3 is 2.64 bits per heavy atom. The third-order valence-electron chi connectivity index (χ3n) is 6.00. The second-order valence-electron chi connectivity index (χ2n) is 8.63. The van der Waals surface area contributed by atoms with E-state index in [1.54, 1.807) is 6.07 Å². The smallest absolute Gasteiger partial charge is 0.283 e. The van der Waals surface area contributed by atoms with Crippen LogP contribution in [0.1, 0.15) is 39.3 Å². The standard InChI is InChI=1S/C24H23FN6O4S/c1-30(2)24(33)21-12-23(28-31(21)3)36(34,35)29-22(32)11-19-16-5-4-6-17(16)20(25)10-18(19)14-7-8-27-15(9-14)13-26/h7-10,12H,4-6,11H2,1-3H3,(H,29,32). The molecule has 0 saturated heterocycles. The van der Waals surface area contributed by atoms with E-state index in [1.807, 2.05) is 10.8 Å². The van der Waals surface area contributed by atoms with Crippen LogP contribution in [-0.2, 0) is 41.1 Å². The maximum atomic E-state index is 14.9. The SMILES string of the molecule is CN(C)C(=O)c1cc(S(=O)(=O)NC(=O)Cc2c(-c3ccnc(C#N)c3)cc(F)c3c2CCC3)nn1C. The fourth-order valence-corrected chi connectivity index (χ4v) is 5.30. The number of benzene rings is 1. The first-order valence-electron chi connectivity index (χ1n) is 11.0. The Kier molecular flexibility index (Phi) is 6.60. The zero-order valence-electron chi connectivity index (χ0n) is 19.9. The van der Waals surface area contributed by atoms with Gasteiger partial charge in [-0.2, -0.15) is 18.8 Å². The van der Waals surface area contributed by atoms with Crippen molar-refractivity contribution in [3.05, 3.63) is 64.4 Å². The fraction of sp³-hybridized carbons (Fsp3) is 0.292. The van der Waals surface area contributed by atoms with Crippen LogP contribution >= 0.6 is 0 Å². The number of halogens is 1. The molecule has 4 rings (SSSR count). The van der Waals surface area contributed by atoms with Crippen LogP contribution in [0.15, 0.2) is 35.5 Å². The summed E-state index contributed by atoms with van der Waals surface area (Å²) in [5.41, 5.74) is 2.74. The van der Waals surface area contributed by atoms with Gasteiger partial charge < -0.3 is 4.90 Å². The molecule has 12 heteroatoms. The quantitative estimate of drug-likeness (QED) is 0.533. The molecule has 2 aromatic heterocycles. The summed E-state index contributed by atoms with van der Waals surface area (Å²) in [5, 5.41) is 12.6. The van der Waals surface area contributed by atoms with Crippen LogP contribution in [0.25, 0.3) is 11.1 Å².